The molecule has 0 saturated carbocycles. The van der Waals surface area contributed by atoms with Crippen LogP contribution in [-0.2, 0) is 4.74 Å². The molecule has 0 fully saturated rings. The van der Waals surface area contributed by atoms with Crippen LogP contribution in [0.4, 0.5) is 11.4 Å². The molecule has 0 spiro atoms. The highest BCUT2D eigenvalue weighted by molar-refractivity contribution is 9.10. The van der Waals surface area contributed by atoms with Gasteiger partial charge in [0, 0.05) is 21.2 Å². The largest absolute Gasteiger partial charge is 0.465 e. The van der Waals surface area contributed by atoms with Crippen LogP contribution in [-0.4, -0.2) is 30.6 Å². The number of methoxy groups -OCH3 is 1. The average molecular weight is 479 g/mol. The summed E-state index contributed by atoms with van der Waals surface area (Å²) in [5.41, 5.74) is 7.55. The van der Waals surface area contributed by atoms with Crippen LogP contribution in [0, 0.1) is 0 Å². The normalized spacial score (nSPS) is 12.1. The number of nitrogens with two attached hydrogens (primary N) is 1. The summed E-state index contributed by atoms with van der Waals surface area (Å²) in [7, 11) is 1.27. The van der Waals surface area contributed by atoms with Gasteiger partial charge >= 0.3 is 5.97 Å². The summed E-state index contributed by atoms with van der Waals surface area (Å²) >= 11 is 3.30. The predicted molar refractivity (Wildman–Crippen MR) is 118 cm³/mol. The lowest BCUT2D eigenvalue weighted by molar-refractivity contribution is 0.0600. The fourth-order valence-electron chi connectivity index (χ4n) is 3.45. The van der Waals surface area contributed by atoms with Gasteiger partial charge in [-0.3, -0.25) is 14.4 Å². The Balaban J connectivity index is 1.76. The Labute approximate surface area is 185 Å². The Morgan fingerprint density at radius 3 is 2.03 bits per heavy atom. The van der Waals surface area contributed by atoms with E-state index in [0.717, 1.165) is 0 Å². The molecule has 3 N–H and O–H groups in total. The van der Waals surface area contributed by atoms with Crippen molar-refractivity contribution in [1.29, 1.82) is 0 Å². The van der Waals surface area contributed by atoms with Gasteiger partial charge in [0.15, 0.2) is 11.6 Å². The van der Waals surface area contributed by atoms with Crippen molar-refractivity contribution in [2.75, 3.05) is 18.2 Å². The van der Waals surface area contributed by atoms with Gasteiger partial charge < -0.3 is 15.8 Å². The van der Waals surface area contributed by atoms with E-state index in [1.807, 2.05) is 0 Å². The van der Waals surface area contributed by atoms with Crippen LogP contribution in [0.5, 0.6) is 0 Å². The number of carbonyl (C=O) groups excluding carboxylic acids is 4. The lowest BCUT2D eigenvalue weighted by Crippen LogP contribution is -2.25. The monoisotopic (exact) mass is 478 g/mol. The zero-order valence-electron chi connectivity index (χ0n) is 16.2. The minimum absolute atomic E-state index is 0.0453. The van der Waals surface area contributed by atoms with E-state index in [1.165, 1.54) is 37.4 Å². The van der Waals surface area contributed by atoms with Crippen molar-refractivity contribution < 1.29 is 23.9 Å². The summed E-state index contributed by atoms with van der Waals surface area (Å²) in [6, 6.07) is 13.8. The van der Waals surface area contributed by atoms with Crippen LogP contribution in [0.25, 0.3) is 0 Å². The number of ketones is 2. The fraction of sp³-hybridized carbons (Fsp3) is 0.0435. The van der Waals surface area contributed by atoms with Crippen LogP contribution >= 0.6 is 15.9 Å². The number of halogens is 1. The van der Waals surface area contributed by atoms with E-state index >= 15 is 0 Å². The van der Waals surface area contributed by atoms with Gasteiger partial charge in [-0.15, -0.1) is 0 Å². The summed E-state index contributed by atoms with van der Waals surface area (Å²) in [6.07, 6.45) is 0. The topological polar surface area (TPSA) is 116 Å². The number of amides is 1. The van der Waals surface area contributed by atoms with Gasteiger partial charge in [-0.25, -0.2) is 4.79 Å². The van der Waals surface area contributed by atoms with E-state index < -0.39 is 17.7 Å². The van der Waals surface area contributed by atoms with E-state index in [2.05, 4.69) is 26.0 Å². The number of nitrogen functional groups attached to an aromatic ring is 1. The van der Waals surface area contributed by atoms with Crippen LogP contribution in [0.2, 0.25) is 0 Å². The second-order valence-electron chi connectivity index (χ2n) is 6.80. The number of nitrogens with one attached hydrogen (secondary N) is 1. The lowest BCUT2D eigenvalue weighted by atomic mass is 9.82. The Hall–Kier alpha value is -3.78. The molecule has 4 rings (SSSR count). The molecule has 8 heteroatoms. The van der Waals surface area contributed by atoms with Crippen molar-refractivity contribution in [1.82, 2.24) is 0 Å². The molecule has 0 bridgehead atoms. The second kappa shape index (κ2) is 7.81. The number of hydrogen-bond acceptors (Lipinski definition) is 6. The Morgan fingerprint density at radius 1 is 0.903 bits per heavy atom. The van der Waals surface area contributed by atoms with Gasteiger partial charge in [0.2, 0.25) is 0 Å². The van der Waals surface area contributed by atoms with Crippen molar-refractivity contribution in [3.63, 3.8) is 0 Å². The first-order valence-electron chi connectivity index (χ1n) is 9.13. The van der Waals surface area contributed by atoms with E-state index in [4.69, 9.17) is 5.73 Å². The first-order valence-corrected chi connectivity index (χ1v) is 9.93. The zero-order chi connectivity index (χ0) is 22.3. The highest BCUT2D eigenvalue weighted by Crippen LogP contribution is 2.39. The molecule has 1 aliphatic carbocycles. The second-order valence-corrected chi connectivity index (χ2v) is 7.65. The van der Waals surface area contributed by atoms with Crippen LogP contribution in [0.1, 0.15) is 52.6 Å². The van der Waals surface area contributed by atoms with Crippen molar-refractivity contribution in [3.05, 3.63) is 92.5 Å². The molecule has 0 aliphatic heterocycles. The molecule has 0 unspecified atom stereocenters. The van der Waals surface area contributed by atoms with Gasteiger partial charge in [-0.2, -0.15) is 0 Å². The zero-order valence-corrected chi connectivity index (χ0v) is 17.8. The van der Waals surface area contributed by atoms with Crippen molar-refractivity contribution >= 4 is 50.7 Å². The molecule has 0 aromatic heterocycles. The van der Waals surface area contributed by atoms with Gasteiger partial charge in [0.1, 0.15) is 0 Å². The quantitative estimate of drug-likeness (QED) is 0.341. The average Bonchev–Trinajstić information content (AvgIpc) is 2.79. The van der Waals surface area contributed by atoms with Gasteiger partial charge in [-0.1, -0.05) is 24.3 Å². The Bertz CT molecular complexity index is 1280. The summed E-state index contributed by atoms with van der Waals surface area (Å²) in [5.74, 6) is -1.83. The standard InChI is InChI=1S/C23H15BrN2O5/c1-31-23(30)12-8-6-11(7-9-12)22(29)26-16-10-15(24)19(25)18-17(16)20(27)13-4-2-3-5-14(13)21(18)28/h2-10H,25H2,1H3,(H,26,29). The molecule has 1 amide bonds. The Kier molecular flexibility index (Phi) is 5.16. The number of carbonyl (C=O) groups is 4. The summed E-state index contributed by atoms with van der Waals surface area (Å²) in [4.78, 5) is 50.6. The molecule has 3 aromatic rings. The number of fused-ring (bicyclic) bond motifs is 2. The van der Waals surface area contributed by atoms with Crippen LogP contribution < -0.4 is 11.1 Å². The molecule has 3 aromatic carbocycles. The molecule has 7 nitrogen and oxygen atoms in total. The fourth-order valence-corrected chi connectivity index (χ4v) is 3.88. The van der Waals surface area contributed by atoms with Gasteiger partial charge in [0.05, 0.1) is 35.2 Å². The number of benzene rings is 3. The molecule has 0 radical (unpaired) electrons. The minimum Gasteiger partial charge on any atom is -0.465 e. The van der Waals surface area contributed by atoms with Crippen molar-refractivity contribution in [3.8, 4) is 0 Å². The molecule has 154 valence electrons. The van der Waals surface area contributed by atoms with Gasteiger partial charge in [0.25, 0.3) is 5.91 Å². The molecule has 0 atom stereocenters. The molecule has 0 heterocycles. The SMILES string of the molecule is COC(=O)c1ccc(C(=O)Nc2cc(Br)c(N)c3c2C(=O)c2ccccc2C3=O)cc1. The maximum atomic E-state index is 13.2. The van der Waals surface area contributed by atoms with E-state index in [0.29, 0.717) is 10.0 Å². The predicted octanol–water partition coefficient (Wildman–Crippen LogP) is 3.85. The number of esters is 1. The molecule has 0 saturated heterocycles. The number of ether oxygens (including phenoxy) is 1. The lowest BCUT2D eigenvalue weighted by Gasteiger charge is -2.22. The van der Waals surface area contributed by atoms with E-state index in [9.17, 15) is 19.2 Å². The summed E-state index contributed by atoms with van der Waals surface area (Å²) in [5, 5.41) is 2.69. The third-order valence-corrected chi connectivity index (χ3v) is 5.66. The third kappa shape index (κ3) is 3.40. The number of rotatable bonds is 3. The number of anilines is 2. The first kappa shape index (κ1) is 20.5. The summed E-state index contributed by atoms with van der Waals surface area (Å²) in [6.45, 7) is 0. The third-order valence-electron chi connectivity index (χ3n) is 5.00. The molecule has 31 heavy (non-hydrogen) atoms. The first-order chi connectivity index (χ1) is 14.8. The molecule has 1 aliphatic rings. The smallest absolute Gasteiger partial charge is 0.337 e. The van der Waals surface area contributed by atoms with Crippen LogP contribution in [0.3, 0.4) is 0 Å². The maximum Gasteiger partial charge on any atom is 0.337 e. The minimum atomic E-state index is -0.522. The van der Waals surface area contributed by atoms with Gasteiger partial charge in [-0.05, 0) is 46.3 Å². The molecular weight excluding hydrogens is 464 g/mol. The van der Waals surface area contributed by atoms with E-state index in [-0.39, 0.29) is 45.0 Å². The maximum absolute atomic E-state index is 13.2. The highest BCUT2D eigenvalue weighted by Gasteiger charge is 2.34. The van der Waals surface area contributed by atoms with Crippen LogP contribution in [0.15, 0.2) is 59.1 Å². The van der Waals surface area contributed by atoms with E-state index in [1.54, 1.807) is 24.3 Å². The molecular formula is C23H15BrN2O5. The summed E-state index contributed by atoms with van der Waals surface area (Å²) < 4.78 is 5.02. The van der Waals surface area contributed by atoms with Crippen molar-refractivity contribution in [2.24, 2.45) is 0 Å². The number of hydrogen-bond donors (Lipinski definition) is 2. The Morgan fingerprint density at radius 2 is 1.45 bits per heavy atom. The highest BCUT2D eigenvalue weighted by atomic mass is 79.9. The van der Waals surface area contributed by atoms with Crippen molar-refractivity contribution in [2.45, 2.75) is 0 Å².